The van der Waals surface area contributed by atoms with Gasteiger partial charge in [-0.3, -0.25) is 0 Å². The zero-order valence-corrected chi connectivity index (χ0v) is 14.6. The van der Waals surface area contributed by atoms with Crippen molar-refractivity contribution in [3.8, 4) is 33.8 Å². The van der Waals surface area contributed by atoms with Gasteiger partial charge in [0.25, 0.3) is 0 Å². The minimum Gasteiger partial charge on any atom is -0.507 e. The first-order chi connectivity index (χ1) is 13.0. The SMILES string of the molecule is Oc1c(-c2ccccc2F)c(-c2cccc(Cl)c2F)c(O)c2ccccc12. The van der Waals surface area contributed by atoms with Gasteiger partial charge in [-0.2, -0.15) is 0 Å². The van der Waals surface area contributed by atoms with Crippen LogP contribution in [0.3, 0.4) is 0 Å². The van der Waals surface area contributed by atoms with E-state index in [0.717, 1.165) is 0 Å². The van der Waals surface area contributed by atoms with Crippen LogP contribution >= 0.6 is 11.6 Å². The summed E-state index contributed by atoms with van der Waals surface area (Å²) in [6.07, 6.45) is 0. The molecular formula is C22H13ClF2O2. The fourth-order valence-electron chi connectivity index (χ4n) is 3.29. The van der Waals surface area contributed by atoms with E-state index < -0.39 is 11.6 Å². The summed E-state index contributed by atoms with van der Waals surface area (Å²) in [7, 11) is 0. The number of hydrogen-bond acceptors (Lipinski definition) is 2. The quantitative estimate of drug-likeness (QED) is 0.387. The molecule has 5 heteroatoms. The summed E-state index contributed by atoms with van der Waals surface area (Å²) in [5, 5.41) is 22.4. The first kappa shape index (κ1) is 17.3. The van der Waals surface area contributed by atoms with Crippen LogP contribution in [0.1, 0.15) is 0 Å². The molecule has 4 aromatic rings. The van der Waals surface area contributed by atoms with Crippen molar-refractivity contribution in [2.45, 2.75) is 0 Å². The Labute approximate surface area is 158 Å². The largest absolute Gasteiger partial charge is 0.507 e. The van der Waals surface area contributed by atoms with E-state index in [1.165, 1.54) is 36.4 Å². The number of hydrogen-bond donors (Lipinski definition) is 2. The van der Waals surface area contributed by atoms with Crippen LogP contribution in [0.25, 0.3) is 33.0 Å². The fraction of sp³-hybridized carbons (Fsp3) is 0. The third kappa shape index (κ3) is 2.69. The lowest BCUT2D eigenvalue weighted by molar-refractivity contribution is 0.472. The average molecular weight is 383 g/mol. The number of halogens is 3. The second-order valence-corrected chi connectivity index (χ2v) is 6.48. The van der Waals surface area contributed by atoms with E-state index in [9.17, 15) is 19.0 Å². The molecule has 0 unspecified atom stereocenters. The van der Waals surface area contributed by atoms with Gasteiger partial charge < -0.3 is 10.2 Å². The molecule has 0 radical (unpaired) electrons. The Morgan fingerprint density at radius 3 is 1.78 bits per heavy atom. The van der Waals surface area contributed by atoms with E-state index in [-0.39, 0.29) is 38.8 Å². The van der Waals surface area contributed by atoms with Crippen molar-refractivity contribution in [2.75, 3.05) is 0 Å². The molecule has 0 spiro atoms. The molecule has 0 aromatic heterocycles. The minimum absolute atomic E-state index is 0.00506. The highest BCUT2D eigenvalue weighted by Gasteiger charge is 2.25. The molecule has 0 aliphatic rings. The first-order valence-electron chi connectivity index (χ1n) is 8.16. The van der Waals surface area contributed by atoms with Gasteiger partial charge in [0.15, 0.2) is 0 Å². The summed E-state index contributed by atoms with van der Waals surface area (Å²) >= 11 is 5.91. The highest BCUT2D eigenvalue weighted by molar-refractivity contribution is 6.31. The van der Waals surface area contributed by atoms with E-state index in [1.807, 2.05) is 0 Å². The lowest BCUT2D eigenvalue weighted by Crippen LogP contribution is -1.95. The van der Waals surface area contributed by atoms with Crippen molar-refractivity contribution in [2.24, 2.45) is 0 Å². The molecule has 0 amide bonds. The molecule has 4 rings (SSSR count). The van der Waals surface area contributed by atoms with Crippen molar-refractivity contribution in [3.05, 3.63) is 83.4 Å². The van der Waals surface area contributed by atoms with Crippen LogP contribution in [0.4, 0.5) is 8.78 Å². The highest BCUT2D eigenvalue weighted by atomic mass is 35.5. The van der Waals surface area contributed by atoms with Gasteiger partial charge in [0.2, 0.25) is 0 Å². The van der Waals surface area contributed by atoms with Gasteiger partial charge in [0.05, 0.1) is 5.02 Å². The monoisotopic (exact) mass is 382 g/mol. The van der Waals surface area contributed by atoms with Crippen LogP contribution in [-0.2, 0) is 0 Å². The molecule has 2 N–H and O–H groups in total. The van der Waals surface area contributed by atoms with E-state index in [4.69, 9.17) is 11.6 Å². The first-order valence-corrected chi connectivity index (χ1v) is 8.54. The van der Waals surface area contributed by atoms with Crippen LogP contribution in [-0.4, -0.2) is 10.2 Å². The smallest absolute Gasteiger partial charge is 0.149 e. The van der Waals surface area contributed by atoms with Crippen LogP contribution in [0, 0.1) is 11.6 Å². The molecule has 0 saturated carbocycles. The molecule has 4 aromatic carbocycles. The number of rotatable bonds is 2. The van der Waals surface area contributed by atoms with Gasteiger partial charge in [-0.05, 0) is 12.1 Å². The number of phenolic OH excluding ortho intramolecular Hbond substituents is 2. The number of fused-ring (bicyclic) bond motifs is 1. The second-order valence-electron chi connectivity index (χ2n) is 6.07. The van der Waals surface area contributed by atoms with Gasteiger partial charge >= 0.3 is 0 Å². The summed E-state index contributed by atoms with van der Waals surface area (Å²) in [4.78, 5) is 0. The zero-order chi connectivity index (χ0) is 19.1. The third-order valence-electron chi connectivity index (χ3n) is 4.53. The molecule has 0 bridgehead atoms. The number of benzene rings is 4. The third-order valence-corrected chi connectivity index (χ3v) is 4.82. The van der Waals surface area contributed by atoms with Gasteiger partial charge in [0.1, 0.15) is 23.1 Å². The predicted molar refractivity (Wildman–Crippen MR) is 103 cm³/mol. The Morgan fingerprint density at radius 2 is 1.15 bits per heavy atom. The van der Waals surface area contributed by atoms with Crippen LogP contribution in [0.15, 0.2) is 66.7 Å². The molecule has 0 aliphatic heterocycles. The normalized spacial score (nSPS) is 11.1. The number of phenols is 2. The van der Waals surface area contributed by atoms with Gasteiger partial charge in [-0.1, -0.05) is 66.2 Å². The second kappa shape index (κ2) is 6.56. The molecular weight excluding hydrogens is 370 g/mol. The van der Waals surface area contributed by atoms with Gasteiger partial charge in [0, 0.05) is 33.0 Å². The summed E-state index contributed by atoms with van der Waals surface area (Å²) in [6.45, 7) is 0. The maximum absolute atomic E-state index is 14.8. The number of aromatic hydroxyl groups is 2. The summed E-state index contributed by atoms with van der Waals surface area (Å²) in [6, 6.07) is 16.7. The Bertz CT molecular complexity index is 1190. The van der Waals surface area contributed by atoms with E-state index in [0.29, 0.717) is 10.8 Å². The summed E-state index contributed by atoms with van der Waals surface area (Å²) in [5.41, 5.74) is 0.00602. The summed E-state index contributed by atoms with van der Waals surface area (Å²) in [5.74, 6) is -1.88. The lowest BCUT2D eigenvalue weighted by atomic mass is 9.89. The molecule has 0 atom stereocenters. The highest BCUT2D eigenvalue weighted by Crippen LogP contribution is 2.51. The summed E-state index contributed by atoms with van der Waals surface area (Å²) < 4.78 is 29.3. The van der Waals surface area contributed by atoms with Crippen LogP contribution < -0.4 is 0 Å². The lowest BCUT2D eigenvalue weighted by Gasteiger charge is -2.18. The van der Waals surface area contributed by atoms with Gasteiger partial charge in [-0.25, -0.2) is 8.78 Å². The zero-order valence-electron chi connectivity index (χ0n) is 13.9. The van der Waals surface area contributed by atoms with E-state index in [2.05, 4.69) is 0 Å². The minimum atomic E-state index is -0.762. The average Bonchev–Trinajstić information content (AvgIpc) is 2.68. The van der Waals surface area contributed by atoms with E-state index >= 15 is 0 Å². The Kier molecular flexibility index (Phi) is 4.21. The van der Waals surface area contributed by atoms with Crippen LogP contribution in [0.2, 0.25) is 5.02 Å². The topological polar surface area (TPSA) is 40.5 Å². The Balaban J connectivity index is 2.23. The Morgan fingerprint density at radius 1 is 0.630 bits per heavy atom. The molecule has 2 nitrogen and oxygen atoms in total. The van der Waals surface area contributed by atoms with Crippen molar-refractivity contribution in [3.63, 3.8) is 0 Å². The van der Waals surface area contributed by atoms with Crippen molar-refractivity contribution in [1.29, 1.82) is 0 Å². The molecule has 0 saturated heterocycles. The molecule has 0 heterocycles. The maximum Gasteiger partial charge on any atom is 0.149 e. The molecule has 134 valence electrons. The standard InChI is InChI=1S/C22H13ClF2O2/c23-16-10-5-9-15(20(16)25)19-18(14-8-3-4-11-17(14)24)21(26)12-6-1-2-7-13(12)22(19)27/h1-11,26-27H. The molecule has 0 aliphatic carbocycles. The fourth-order valence-corrected chi connectivity index (χ4v) is 3.46. The van der Waals surface area contributed by atoms with Gasteiger partial charge in [-0.15, -0.1) is 0 Å². The van der Waals surface area contributed by atoms with Crippen molar-refractivity contribution >= 4 is 22.4 Å². The van der Waals surface area contributed by atoms with E-state index in [1.54, 1.807) is 30.3 Å². The van der Waals surface area contributed by atoms with Crippen molar-refractivity contribution < 1.29 is 19.0 Å². The van der Waals surface area contributed by atoms with Crippen molar-refractivity contribution in [1.82, 2.24) is 0 Å². The maximum atomic E-state index is 14.8. The predicted octanol–water partition coefficient (Wildman–Crippen LogP) is 6.52. The van der Waals surface area contributed by atoms with Crippen LogP contribution in [0.5, 0.6) is 11.5 Å². The molecule has 27 heavy (non-hydrogen) atoms. The Hall–Kier alpha value is -3.11. The molecule has 0 fully saturated rings.